The zero-order valence-electron chi connectivity index (χ0n) is 9.81. The minimum Gasteiger partial charge on any atom is -0.396 e. The normalized spacial score (nSPS) is 12.4. The largest absolute Gasteiger partial charge is 0.396 e. The Labute approximate surface area is 114 Å². The summed E-state index contributed by atoms with van der Waals surface area (Å²) in [6.45, 7) is 0.0134. The molecule has 0 saturated carbocycles. The molecular formula is C15H14BrFO. The molecule has 1 N–H and O–H groups in total. The molecule has 0 aliphatic heterocycles. The topological polar surface area (TPSA) is 20.2 Å². The van der Waals surface area contributed by atoms with E-state index in [0.29, 0.717) is 12.0 Å². The van der Waals surface area contributed by atoms with Crippen molar-refractivity contribution in [2.75, 3.05) is 6.61 Å². The van der Waals surface area contributed by atoms with Gasteiger partial charge in [-0.25, -0.2) is 4.39 Å². The van der Waals surface area contributed by atoms with E-state index in [1.165, 1.54) is 6.07 Å². The van der Waals surface area contributed by atoms with Crippen molar-refractivity contribution in [3.63, 3.8) is 0 Å². The van der Waals surface area contributed by atoms with Gasteiger partial charge in [0.05, 0.1) is 6.61 Å². The van der Waals surface area contributed by atoms with Gasteiger partial charge in [0.25, 0.3) is 0 Å². The van der Waals surface area contributed by atoms with Gasteiger partial charge < -0.3 is 5.11 Å². The first-order valence-electron chi connectivity index (χ1n) is 5.80. The highest BCUT2D eigenvalue weighted by Gasteiger charge is 2.13. The number of aliphatic hydroxyl groups is 1. The van der Waals surface area contributed by atoms with Crippen LogP contribution >= 0.6 is 15.9 Å². The average Bonchev–Trinajstić information content (AvgIpc) is 2.39. The van der Waals surface area contributed by atoms with Crippen LogP contribution in [0.25, 0.3) is 0 Å². The molecular weight excluding hydrogens is 295 g/mol. The first-order chi connectivity index (χ1) is 8.70. The van der Waals surface area contributed by atoms with Gasteiger partial charge in [-0.15, -0.1) is 0 Å². The van der Waals surface area contributed by atoms with Crippen molar-refractivity contribution >= 4 is 15.9 Å². The van der Waals surface area contributed by atoms with Gasteiger partial charge >= 0.3 is 0 Å². The standard InChI is InChI=1S/C15H14BrFO/c16-14-7-6-12(15(17)9-14)8-13(10-18)11-4-2-1-3-5-11/h1-7,9,13,18H,8,10H2. The molecule has 1 atom stereocenters. The molecule has 1 unspecified atom stereocenters. The van der Waals surface area contributed by atoms with Crippen LogP contribution < -0.4 is 0 Å². The van der Waals surface area contributed by atoms with Gasteiger partial charge in [-0.05, 0) is 29.7 Å². The molecule has 1 nitrogen and oxygen atoms in total. The number of hydrogen-bond acceptors (Lipinski definition) is 1. The highest BCUT2D eigenvalue weighted by atomic mass is 79.9. The van der Waals surface area contributed by atoms with E-state index in [-0.39, 0.29) is 18.3 Å². The fraction of sp³-hybridized carbons (Fsp3) is 0.200. The van der Waals surface area contributed by atoms with Gasteiger partial charge in [-0.3, -0.25) is 0 Å². The number of hydrogen-bond donors (Lipinski definition) is 1. The Balaban J connectivity index is 2.21. The number of aliphatic hydroxyl groups excluding tert-OH is 1. The lowest BCUT2D eigenvalue weighted by atomic mass is 9.92. The molecule has 0 amide bonds. The van der Waals surface area contributed by atoms with Crippen molar-refractivity contribution in [1.29, 1.82) is 0 Å². The molecule has 3 heteroatoms. The van der Waals surface area contributed by atoms with Gasteiger partial charge in [0, 0.05) is 10.4 Å². The summed E-state index contributed by atoms with van der Waals surface area (Å²) < 4.78 is 14.5. The molecule has 0 aromatic heterocycles. The Bertz CT molecular complexity index is 513. The first-order valence-corrected chi connectivity index (χ1v) is 6.59. The predicted molar refractivity (Wildman–Crippen MR) is 74.1 cm³/mol. The number of rotatable bonds is 4. The Kier molecular flexibility index (Phi) is 4.50. The van der Waals surface area contributed by atoms with Crippen LogP contribution in [0.2, 0.25) is 0 Å². The van der Waals surface area contributed by atoms with Gasteiger partial charge in [-0.2, -0.15) is 0 Å². The molecule has 0 radical (unpaired) electrons. The Morgan fingerprint density at radius 1 is 1.11 bits per heavy atom. The van der Waals surface area contributed by atoms with E-state index < -0.39 is 0 Å². The van der Waals surface area contributed by atoms with E-state index in [0.717, 1.165) is 10.0 Å². The maximum absolute atomic E-state index is 13.8. The van der Waals surface area contributed by atoms with E-state index in [2.05, 4.69) is 15.9 Å². The minimum absolute atomic E-state index is 0.0134. The Morgan fingerprint density at radius 3 is 2.44 bits per heavy atom. The summed E-state index contributed by atoms with van der Waals surface area (Å²) in [5.74, 6) is -0.305. The third kappa shape index (κ3) is 3.18. The van der Waals surface area contributed by atoms with Crippen LogP contribution in [-0.4, -0.2) is 11.7 Å². The second-order valence-electron chi connectivity index (χ2n) is 4.23. The lowest BCUT2D eigenvalue weighted by molar-refractivity contribution is 0.263. The molecule has 0 fully saturated rings. The Hall–Kier alpha value is -1.19. The van der Waals surface area contributed by atoms with Crippen LogP contribution in [0, 0.1) is 5.82 Å². The van der Waals surface area contributed by atoms with Crippen LogP contribution in [0.15, 0.2) is 53.0 Å². The minimum atomic E-state index is -0.237. The summed E-state index contributed by atoms with van der Waals surface area (Å²) in [6, 6.07) is 14.7. The van der Waals surface area contributed by atoms with Crippen molar-refractivity contribution < 1.29 is 9.50 Å². The highest BCUT2D eigenvalue weighted by molar-refractivity contribution is 9.10. The third-order valence-electron chi connectivity index (χ3n) is 2.97. The van der Waals surface area contributed by atoms with Crippen LogP contribution in [0.3, 0.4) is 0 Å². The van der Waals surface area contributed by atoms with Crippen molar-refractivity contribution in [3.8, 4) is 0 Å². The molecule has 0 aliphatic rings. The fourth-order valence-corrected chi connectivity index (χ4v) is 2.30. The van der Waals surface area contributed by atoms with Crippen LogP contribution in [0.5, 0.6) is 0 Å². The van der Waals surface area contributed by atoms with E-state index in [4.69, 9.17) is 0 Å². The summed E-state index contributed by atoms with van der Waals surface area (Å²) in [4.78, 5) is 0. The van der Waals surface area contributed by atoms with Gasteiger partial charge in [0.2, 0.25) is 0 Å². The van der Waals surface area contributed by atoms with Crippen LogP contribution in [-0.2, 0) is 6.42 Å². The SMILES string of the molecule is OCC(Cc1ccc(Br)cc1F)c1ccccc1. The lowest BCUT2D eigenvalue weighted by Gasteiger charge is -2.15. The second-order valence-corrected chi connectivity index (χ2v) is 5.15. The number of benzene rings is 2. The monoisotopic (exact) mass is 308 g/mol. The van der Waals surface area contributed by atoms with Crippen molar-refractivity contribution in [2.24, 2.45) is 0 Å². The molecule has 0 bridgehead atoms. The van der Waals surface area contributed by atoms with Crippen LogP contribution in [0.1, 0.15) is 17.0 Å². The van der Waals surface area contributed by atoms with E-state index in [1.807, 2.05) is 36.4 Å². The fourth-order valence-electron chi connectivity index (χ4n) is 1.97. The molecule has 2 aromatic rings. The summed E-state index contributed by atoms with van der Waals surface area (Å²) in [6.07, 6.45) is 0.500. The molecule has 0 heterocycles. The van der Waals surface area contributed by atoms with Gasteiger partial charge in [-0.1, -0.05) is 52.3 Å². The lowest BCUT2D eigenvalue weighted by Crippen LogP contribution is -2.08. The maximum Gasteiger partial charge on any atom is 0.127 e. The molecule has 2 aromatic carbocycles. The quantitative estimate of drug-likeness (QED) is 0.908. The maximum atomic E-state index is 13.8. The second kappa shape index (κ2) is 6.12. The molecule has 0 spiro atoms. The molecule has 0 saturated heterocycles. The summed E-state index contributed by atoms with van der Waals surface area (Å²) >= 11 is 3.24. The van der Waals surface area contributed by atoms with Crippen LogP contribution in [0.4, 0.5) is 4.39 Å². The molecule has 18 heavy (non-hydrogen) atoms. The van der Waals surface area contributed by atoms with Crippen molar-refractivity contribution in [1.82, 2.24) is 0 Å². The Morgan fingerprint density at radius 2 is 1.83 bits per heavy atom. The number of halogens is 2. The highest BCUT2D eigenvalue weighted by Crippen LogP contribution is 2.23. The van der Waals surface area contributed by atoms with Crippen molar-refractivity contribution in [2.45, 2.75) is 12.3 Å². The van der Waals surface area contributed by atoms with E-state index >= 15 is 0 Å². The zero-order valence-corrected chi connectivity index (χ0v) is 11.4. The van der Waals surface area contributed by atoms with Gasteiger partial charge in [0.15, 0.2) is 0 Å². The smallest absolute Gasteiger partial charge is 0.127 e. The zero-order chi connectivity index (χ0) is 13.0. The third-order valence-corrected chi connectivity index (χ3v) is 3.47. The van der Waals surface area contributed by atoms with Gasteiger partial charge in [0.1, 0.15) is 5.82 Å². The molecule has 2 rings (SSSR count). The first kappa shape index (κ1) is 13.2. The molecule has 0 aliphatic carbocycles. The van der Waals surface area contributed by atoms with E-state index in [1.54, 1.807) is 6.07 Å². The van der Waals surface area contributed by atoms with Crippen molar-refractivity contribution in [3.05, 3.63) is 69.9 Å². The predicted octanol–water partition coefficient (Wildman–Crippen LogP) is 3.91. The van der Waals surface area contributed by atoms with E-state index in [9.17, 15) is 9.50 Å². The average molecular weight is 309 g/mol. The summed E-state index contributed by atoms with van der Waals surface area (Å²) in [5, 5.41) is 9.45. The summed E-state index contributed by atoms with van der Waals surface area (Å²) in [5.41, 5.74) is 1.66. The summed E-state index contributed by atoms with van der Waals surface area (Å²) in [7, 11) is 0. The molecule has 94 valence electrons.